The molecule has 0 unspecified atom stereocenters. The first-order valence-electron chi connectivity index (χ1n) is 15.8. The quantitative estimate of drug-likeness (QED) is 0.139. The summed E-state index contributed by atoms with van der Waals surface area (Å²) < 4.78 is 15.3. The van der Waals surface area contributed by atoms with E-state index in [0.29, 0.717) is 23.0 Å². The van der Waals surface area contributed by atoms with Gasteiger partial charge in [0.05, 0.1) is 11.2 Å². The number of fused-ring (bicyclic) bond motifs is 8. The summed E-state index contributed by atoms with van der Waals surface area (Å²) in [6.45, 7) is 4.05. The fourth-order valence-corrected chi connectivity index (χ4v) is 6.20. The summed E-state index contributed by atoms with van der Waals surface area (Å²) in [4.78, 5) is 9.09. The van der Waals surface area contributed by atoms with Gasteiger partial charge in [-0.3, -0.25) is 9.98 Å². The Bertz CT molecular complexity index is 2300. The van der Waals surface area contributed by atoms with Gasteiger partial charge in [0, 0.05) is 35.9 Å². The van der Waals surface area contributed by atoms with Crippen LogP contribution in [-0.4, -0.2) is 23.5 Å². The zero-order valence-electron chi connectivity index (χ0n) is 26.7. The maximum Gasteiger partial charge on any atom is 0.194 e. The molecule has 0 bridgehead atoms. The van der Waals surface area contributed by atoms with E-state index in [-0.39, 0.29) is 0 Å². The topological polar surface area (TPSA) is 48.1 Å². The van der Waals surface area contributed by atoms with Crippen molar-refractivity contribution in [2.24, 2.45) is 9.98 Å². The predicted octanol–water partition coefficient (Wildman–Crippen LogP) is 11.3. The Morgan fingerprint density at radius 2 is 1.68 bits per heavy atom. The van der Waals surface area contributed by atoms with Crippen LogP contribution in [0.5, 0.6) is 23.0 Å². The van der Waals surface area contributed by atoms with E-state index in [1.165, 1.54) is 16.2 Å². The smallest absolute Gasteiger partial charge is 0.194 e. The van der Waals surface area contributed by atoms with Gasteiger partial charge in [0.15, 0.2) is 23.0 Å². The molecule has 4 aromatic carbocycles. The van der Waals surface area contributed by atoms with Crippen molar-refractivity contribution in [2.45, 2.75) is 20.3 Å². The first kappa shape index (κ1) is 29.8. The molecular formula is C42H35N3O2. The van der Waals surface area contributed by atoms with Crippen molar-refractivity contribution in [1.82, 2.24) is 4.57 Å². The predicted molar refractivity (Wildman–Crippen MR) is 198 cm³/mol. The number of benzene rings is 4. The Morgan fingerprint density at radius 3 is 2.51 bits per heavy atom. The van der Waals surface area contributed by atoms with E-state index in [9.17, 15) is 0 Å². The van der Waals surface area contributed by atoms with Crippen molar-refractivity contribution in [3.8, 4) is 23.0 Å². The number of hydrogen-bond acceptors (Lipinski definition) is 4. The van der Waals surface area contributed by atoms with Gasteiger partial charge in [-0.25, -0.2) is 0 Å². The van der Waals surface area contributed by atoms with Crippen molar-refractivity contribution in [3.05, 3.63) is 151 Å². The highest BCUT2D eigenvalue weighted by atomic mass is 16.6. The lowest BCUT2D eigenvalue weighted by Gasteiger charge is -2.22. The number of nitrogens with zero attached hydrogens (tertiary/aromatic N) is 3. The molecule has 1 aliphatic heterocycles. The van der Waals surface area contributed by atoms with Crippen LogP contribution in [0, 0.1) is 0 Å². The molecule has 5 heteroatoms. The second-order valence-electron chi connectivity index (χ2n) is 11.2. The number of rotatable bonds is 6. The van der Waals surface area contributed by atoms with Gasteiger partial charge in [0.2, 0.25) is 0 Å². The Balaban J connectivity index is 1.40. The summed E-state index contributed by atoms with van der Waals surface area (Å²) in [7, 11) is 1.79. The van der Waals surface area contributed by atoms with Crippen LogP contribution in [0.25, 0.3) is 38.3 Å². The van der Waals surface area contributed by atoms with Crippen molar-refractivity contribution < 1.29 is 9.47 Å². The normalized spacial score (nSPS) is 17.0. The molecule has 0 N–H and O–H groups in total. The molecule has 47 heavy (non-hydrogen) atoms. The van der Waals surface area contributed by atoms with Gasteiger partial charge in [0.25, 0.3) is 0 Å². The van der Waals surface area contributed by atoms with E-state index in [1.807, 2.05) is 74.8 Å². The standard InChI is InChI=1S/C42H35N3O2/c1-4-14-32(17-13-26-44-35-19-8-6-7-16-31(35)27-29(5-2)28-43-3)45-36-24-22-30-15-9-10-18-33(30)40(36)34-23-25-39-42(41(34)45)47-38-21-12-11-20-37(38)46-39/h4-15,17-28H,16H2,1-3H3/b14-4+,26-13-,29-5-,31-27+,32-17+,43-28?,44-35-. The Morgan fingerprint density at radius 1 is 0.851 bits per heavy atom. The first-order chi connectivity index (χ1) is 23.2. The molecule has 0 fully saturated rings. The van der Waals surface area contributed by atoms with Crippen molar-refractivity contribution in [2.75, 3.05) is 7.05 Å². The van der Waals surface area contributed by atoms with Gasteiger partial charge in [-0.05, 0) is 103 Å². The molecule has 0 spiro atoms. The maximum absolute atomic E-state index is 6.62. The van der Waals surface area contributed by atoms with Crippen LogP contribution in [0.4, 0.5) is 0 Å². The number of allylic oxidation sites excluding steroid dienone is 13. The molecular weight excluding hydrogens is 578 g/mol. The van der Waals surface area contributed by atoms with E-state index in [0.717, 1.165) is 45.4 Å². The second kappa shape index (κ2) is 13.2. The minimum Gasteiger partial charge on any atom is -0.449 e. The largest absolute Gasteiger partial charge is 0.449 e. The number of hydrogen-bond donors (Lipinski definition) is 0. The molecule has 2 aliphatic rings. The number of ether oxygens (including phenoxy) is 2. The Labute approximate surface area is 274 Å². The van der Waals surface area contributed by atoms with Crippen molar-refractivity contribution in [3.63, 3.8) is 0 Å². The van der Waals surface area contributed by atoms with Crippen LogP contribution in [0.15, 0.2) is 161 Å². The van der Waals surface area contributed by atoms with Gasteiger partial charge in [0.1, 0.15) is 5.52 Å². The molecule has 230 valence electrons. The lowest BCUT2D eigenvalue weighted by Crippen LogP contribution is -2.02. The van der Waals surface area contributed by atoms with Crippen LogP contribution < -0.4 is 9.47 Å². The van der Waals surface area contributed by atoms with Gasteiger partial charge in [-0.1, -0.05) is 72.8 Å². The van der Waals surface area contributed by atoms with Crippen LogP contribution in [0.2, 0.25) is 0 Å². The highest BCUT2D eigenvalue weighted by Gasteiger charge is 2.26. The molecule has 0 atom stereocenters. The first-order valence-corrected chi connectivity index (χ1v) is 15.8. The molecule has 0 amide bonds. The van der Waals surface area contributed by atoms with E-state index in [1.54, 1.807) is 7.05 Å². The molecule has 5 aromatic rings. The average molecular weight is 614 g/mol. The highest BCUT2D eigenvalue weighted by Crippen LogP contribution is 2.51. The van der Waals surface area contributed by atoms with E-state index in [2.05, 4.69) is 94.6 Å². The van der Waals surface area contributed by atoms with Gasteiger partial charge in [-0.15, -0.1) is 0 Å². The Hall–Kier alpha value is -5.94. The lowest BCUT2D eigenvalue weighted by molar-refractivity contribution is 0.362. The van der Waals surface area contributed by atoms with Gasteiger partial charge >= 0.3 is 0 Å². The summed E-state index contributed by atoms with van der Waals surface area (Å²) in [6, 6.07) is 24.9. The maximum atomic E-state index is 6.62. The van der Waals surface area contributed by atoms with Gasteiger partial charge in [-0.2, -0.15) is 0 Å². The second-order valence-corrected chi connectivity index (χ2v) is 11.2. The third kappa shape index (κ3) is 5.68. The summed E-state index contributed by atoms with van der Waals surface area (Å²) in [5.74, 6) is 2.79. The van der Waals surface area contributed by atoms with Crippen LogP contribution in [-0.2, 0) is 0 Å². The minimum absolute atomic E-state index is 0.688. The minimum atomic E-state index is 0.688. The van der Waals surface area contributed by atoms with E-state index in [4.69, 9.17) is 14.5 Å². The van der Waals surface area contributed by atoms with Crippen LogP contribution in [0.1, 0.15) is 20.3 Å². The molecule has 2 heterocycles. The lowest BCUT2D eigenvalue weighted by atomic mass is 10.0. The summed E-state index contributed by atoms with van der Waals surface area (Å²) in [5, 5.41) is 4.64. The summed E-state index contributed by atoms with van der Waals surface area (Å²) in [6.07, 6.45) is 25.3. The zero-order chi connectivity index (χ0) is 32.2. The molecule has 5 nitrogen and oxygen atoms in total. The monoisotopic (exact) mass is 613 g/mol. The molecule has 0 saturated carbocycles. The molecule has 7 rings (SSSR count). The number of para-hydroxylation sites is 2. The molecule has 1 aromatic heterocycles. The number of aromatic nitrogens is 1. The number of aliphatic imine (C=N–C) groups is 2. The van der Waals surface area contributed by atoms with Crippen molar-refractivity contribution >= 4 is 50.2 Å². The summed E-state index contributed by atoms with van der Waals surface area (Å²) >= 11 is 0. The van der Waals surface area contributed by atoms with Gasteiger partial charge < -0.3 is 14.0 Å². The molecule has 0 radical (unpaired) electrons. The van der Waals surface area contributed by atoms with Crippen LogP contribution in [0.3, 0.4) is 0 Å². The molecule has 0 saturated heterocycles. The molecule has 1 aliphatic carbocycles. The summed E-state index contributed by atoms with van der Waals surface area (Å²) in [5.41, 5.74) is 6.10. The third-order valence-corrected chi connectivity index (χ3v) is 8.30. The zero-order valence-corrected chi connectivity index (χ0v) is 26.7. The average Bonchev–Trinajstić information content (AvgIpc) is 3.29. The van der Waals surface area contributed by atoms with E-state index >= 15 is 0 Å². The Kier molecular flexibility index (Phi) is 8.35. The highest BCUT2D eigenvalue weighted by molar-refractivity contribution is 6.23. The fourth-order valence-electron chi connectivity index (χ4n) is 6.20. The van der Waals surface area contributed by atoms with Crippen LogP contribution >= 0.6 is 0 Å². The SMILES string of the molecule is C/C=C(C=NC)/C=C1\CC=CC=C\C1=N\C=C/C=C(\C=C\C)n1c2ccc3ccccc3c2c2ccc3c(c21)Oc1ccccc1O3. The fraction of sp³-hybridized carbons (Fsp3) is 0.0952. The third-order valence-electron chi connectivity index (χ3n) is 8.30. The van der Waals surface area contributed by atoms with Crippen molar-refractivity contribution in [1.29, 1.82) is 0 Å². The van der Waals surface area contributed by atoms with E-state index < -0.39 is 0 Å².